The Morgan fingerprint density at radius 3 is 2.43 bits per heavy atom. The molecule has 3 atom stereocenters. The van der Waals surface area contributed by atoms with E-state index in [1.165, 1.54) is 12.1 Å². The minimum atomic E-state index is -3.21. The molecule has 1 saturated carbocycles. The Morgan fingerprint density at radius 2 is 1.86 bits per heavy atom. The van der Waals surface area contributed by atoms with Crippen molar-refractivity contribution in [2.45, 2.75) is 48.8 Å². The standard InChI is InChI=1S/C15H23NO4S/c1-21(19,20)12-8-6-11(7-9-12)15(18)10-16-13-4-2-3-5-14(13)17/h6-9,13-18H,2-5,10H2,1H3. The molecule has 1 fully saturated rings. The first-order chi connectivity index (χ1) is 9.88. The van der Waals surface area contributed by atoms with E-state index in [-0.39, 0.29) is 17.0 Å². The van der Waals surface area contributed by atoms with Crippen LogP contribution in [0.1, 0.15) is 37.4 Å². The van der Waals surface area contributed by atoms with Gasteiger partial charge in [-0.25, -0.2) is 8.42 Å². The maximum Gasteiger partial charge on any atom is 0.175 e. The van der Waals surface area contributed by atoms with Crippen molar-refractivity contribution < 1.29 is 18.6 Å². The molecule has 0 bridgehead atoms. The Balaban J connectivity index is 1.92. The molecule has 1 aromatic rings. The number of nitrogens with one attached hydrogen (secondary N) is 1. The summed E-state index contributed by atoms with van der Waals surface area (Å²) in [7, 11) is -3.21. The fourth-order valence-electron chi connectivity index (χ4n) is 2.67. The van der Waals surface area contributed by atoms with Crippen LogP contribution in [0.4, 0.5) is 0 Å². The van der Waals surface area contributed by atoms with Crippen LogP contribution in [0.15, 0.2) is 29.2 Å². The van der Waals surface area contributed by atoms with Crippen LogP contribution in [0.3, 0.4) is 0 Å². The number of benzene rings is 1. The normalized spacial score (nSPS) is 24.7. The Hall–Kier alpha value is -0.950. The third kappa shape index (κ3) is 4.51. The van der Waals surface area contributed by atoms with Gasteiger partial charge in [-0.1, -0.05) is 25.0 Å². The molecule has 2 rings (SSSR count). The van der Waals surface area contributed by atoms with Gasteiger partial charge in [0.1, 0.15) is 0 Å². The third-order valence-corrected chi connectivity index (χ3v) is 5.12. The van der Waals surface area contributed by atoms with Crippen molar-refractivity contribution in [3.05, 3.63) is 29.8 Å². The summed E-state index contributed by atoms with van der Waals surface area (Å²) in [6, 6.07) is 6.29. The Labute approximate surface area is 125 Å². The van der Waals surface area contributed by atoms with Gasteiger partial charge in [0.05, 0.1) is 17.1 Å². The van der Waals surface area contributed by atoms with Gasteiger partial charge in [0.2, 0.25) is 0 Å². The van der Waals surface area contributed by atoms with Crippen molar-refractivity contribution >= 4 is 9.84 Å². The smallest absolute Gasteiger partial charge is 0.175 e. The summed E-state index contributed by atoms with van der Waals surface area (Å²) in [5, 5.41) is 23.2. The van der Waals surface area contributed by atoms with Gasteiger partial charge in [-0.15, -0.1) is 0 Å². The molecule has 5 nitrogen and oxygen atoms in total. The zero-order valence-corrected chi connectivity index (χ0v) is 13.0. The van der Waals surface area contributed by atoms with Gasteiger partial charge in [0.25, 0.3) is 0 Å². The lowest BCUT2D eigenvalue weighted by atomic mass is 9.92. The molecule has 0 spiro atoms. The van der Waals surface area contributed by atoms with Gasteiger partial charge in [-0.2, -0.15) is 0 Å². The molecule has 118 valence electrons. The number of sulfone groups is 1. The van der Waals surface area contributed by atoms with E-state index in [9.17, 15) is 18.6 Å². The molecule has 0 aromatic heterocycles. The van der Waals surface area contributed by atoms with Crippen molar-refractivity contribution in [1.82, 2.24) is 5.32 Å². The Bertz CT molecular complexity index is 556. The summed E-state index contributed by atoms with van der Waals surface area (Å²) in [6.45, 7) is 0.347. The van der Waals surface area contributed by atoms with E-state index in [2.05, 4.69) is 5.32 Å². The Kier molecular flexibility index (Phi) is 5.37. The predicted molar refractivity (Wildman–Crippen MR) is 80.8 cm³/mol. The summed E-state index contributed by atoms with van der Waals surface area (Å²) < 4.78 is 22.8. The van der Waals surface area contributed by atoms with E-state index < -0.39 is 15.9 Å². The van der Waals surface area contributed by atoms with Crippen LogP contribution in [0.2, 0.25) is 0 Å². The lowest BCUT2D eigenvalue weighted by Gasteiger charge is -2.29. The lowest BCUT2D eigenvalue weighted by molar-refractivity contribution is 0.0797. The van der Waals surface area contributed by atoms with Gasteiger partial charge in [-0.3, -0.25) is 0 Å². The number of rotatable bonds is 5. The first kappa shape index (κ1) is 16.4. The summed E-state index contributed by atoms with van der Waals surface area (Å²) in [6.07, 6.45) is 3.96. The average molecular weight is 313 g/mol. The zero-order chi connectivity index (χ0) is 15.5. The van der Waals surface area contributed by atoms with Crippen molar-refractivity contribution in [3.63, 3.8) is 0 Å². The largest absolute Gasteiger partial charge is 0.392 e. The van der Waals surface area contributed by atoms with Crippen LogP contribution in [-0.4, -0.2) is 43.6 Å². The molecule has 1 aliphatic carbocycles. The van der Waals surface area contributed by atoms with Gasteiger partial charge in [-0.05, 0) is 30.5 Å². The minimum absolute atomic E-state index is 0.0312. The second-order valence-electron chi connectivity index (χ2n) is 5.72. The molecule has 0 amide bonds. The molecule has 1 aromatic carbocycles. The maximum atomic E-state index is 11.4. The topological polar surface area (TPSA) is 86.6 Å². The second kappa shape index (κ2) is 6.87. The minimum Gasteiger partial charge on any atom is -0.392 e. The van der Waals surface area contributed by atoms with Crippen LogP contribution in [0, 0.1) is 0 Å². The van der Waals surface area contributed by atoms with Crippen molar-refractivity contribution in [3.8, 4) is 0 Å². The van der Waals surface area contributed by atoms with Crippen molar-refractivity contribution in [2.75, 3.05) is 12.8 Å². The highest BCUT2D eigenvalue weighted by Gasteiger charge is 2.23. The maximum absolute atomic E-state index is 11.4. The Morgan fingerprint density at radius 1 is 1.24 bits per heavy atom. The number of aliphatic hydroxyl groups is 2. The van der Waals surface area contributed by atoms with E-state index in [0.29, 0.717) is 12.1 Å². The molecular weight excluding hydrogens is 290 g/mol. The van der Waals surface area contributed by atoms with E-state index in [1.54, 1.807) is 12.1 Å². The molecule has 3 unspecified atom stereocenters. The monoisotopic (exact) mass is 313 g/mol. The van der Waals surface area contributed by atoms with Gasteiger partial charge < -0.3 is 15.5 Å². The fourth-order valence-corrected chi connectivity index (χ4v) is 3.30. The highest BCUT2D eigenvalue weighted by atomic mass is 32.2. The molecular formula is C15H23NO4S. The highest BCUT2D eigenvalue weighted by Crippen LogP contribution is 2.20. The third-order valence-electron chi connectivity index (χ3n) is 4.00. The quantitative estimate of drug-likeness (QED) is 0.755. The van der Waals surface area contributed by atoms with Gasteiger partial charge in [0, 0.05) is 18.8 Å². The van der Waals surface area contributed by atoms with E-state index in [4.69, 9.17) is 0 Å². The summed E-state index contributed by atoms with van der Waals surface area (Å²) in [5.41, 5.74) is 0.667. The number of hydrogen-bond acceptors (Lipinski definition) is 5. The van der Waals surface area contributed by atoms with Crippen molar-refractivity contribution in [1.29, 1.82) is 0 Å². The zero-order valence-electron chi connectivity index (χ0n) is 12.2. The van der Waals surface area contributed by atoms with Gasteiger partial charge in [0.15, 0.2) is 9.84 Å². The molecule has 0 saturated heterocycles. The van der Waals surface area contributed by atoms with Gasteiger partial charge >= 0.3 is 0 Å². The molecule has 21 heavy (non-hydrogen) atoms. The number of aliphatic hydroxyl groups excluding tert-OH is 2. The van der Waals surface area contributed by atoms with E-state index >= 15 is 0 Å². The molecule has 6 heteroatoms. The van der Waals surface area contributed by atoms with Crippen LogP contribution < -0.4 is 5.32 Å². The average Bonchev–Trinajstić information content (AvgIpc) is 2.45. The van der Waals surface area contributed by atoms with Crippen LogP contribution >= 0.6 is 0 Å². The first-order valence-electron chi connectivity index (χ1n) is 7.27. The van der Waals surface area contributed by atoms with Crippen LogP contribution in [0.5, 0.6) is 0 Å². The first-order valence-corrected chi connectivity index (χ1v) is 9.16. The number of hydrogen-bond donors (Lipinski definition) is 3. The van der Waals surface area contributed by atoms with E-state index in [0.717, 1.165) is 31.9 Å². The summed E-state index contributed by atoms with van der Waals surface area (Å²) in [5.74, 6) is 0. The summed E-state index contributed by atoms with van der Waals surface area (Å²) >= 11 is 0. The predicted octanol–water partition coefficient (Wildman–Crippen LogP) is 1.02. The van der Waals surface area contributed by atoms with Crippen molar-refractivity contribution in [2.24, 2.45) is 0 Å². The molecule has 1 aliphatic rings. The van der Waals surface area contributed by atoms with E-state index in [1.807, 2.05) is 0 Å². The van der Waals surface area contributed by atoms with Crippen LogP contribution in [0.25, 0.3) is 0 Å². The fraction of sp³-hybridized carbons (Fsp3) is 0.600. The molecule has 0 radical (unpaired) electrons. The second-order valence-corrected chi connectivity index (χ2v) is 7.74. The molecule has 0 aliphatic heterocycles. The summed E-state index contributed by atoms with van der Waals surface area (Å²) in [4.78, 5) is 0.245. The lowest BCUT2D eigenvalue weighted by Crippen LogP contribution is -2.43. The van der Waals surface area contributed by atoms with Crippen LogP contribution in [-0.2, 0) is 9.84 Å². The molecule has 0 heterocycles. The molecule has 3 N–H and O–H groups in total. The SMILES string of the molecule is CS(=O)(=O)c1ccc(C(O)CNC2CCCCC2O)cc1. The highest BCUT2D eigenvalue weighted by molar-refractivity contribution is 7.90.